The van der Waals surface area contributed by atoms with Crippen molar-refractivity contribution >= 4 is 0 Å². The van der Waals surface area contributed by atoms with Crippen molar-refractivity contribution in [3.63, 3.8) is 0 Å². The Labute approximate surface area is 113 Å². The highest BCUT2D eigenvalue weighted by Crippen LogP contribution is 2.41. The third-order valence-electron chi connectivity index (χ3n) is 5.43. The zero-order valence-corrected chi connectivity index (χ0v) is 12.3. The molecule has 0 aromatic carbocycles. The first-order chi connectivity index (χ1) is 8.67. The molecule has 0 aliphatic heterocycles. The SMILES string of the molecule is CC1CCC(CNC2CC2)(CN(C)C2CC2)CC1. The Morgan fingerprint density at radius 2 is 1.72 bits per heavy atom. The van der Waals surface area contributed by atoms with Gasteiger partial charge in [-0.2, -0.15) is 0 Å². The molecule has 0 saturated heterocycles. The zero-order chi connectivity index (χ0) is 12.6. The molecule has 0 bridgehead atoms. The van der Waals surface area contributed by atoms with Crippen LogP contribution in [0.3, 0.4) is 0 Å². The van der Waals surface area contributed by atoms with E-state index in [0.717, 1.165) is 18.0 Å². The summed E-state index contributed by atoms with van der Waals surface area (Å²) in [5.41, 5.74) is 0.590. The third-order valence-corrected chi connectivity index (χ3v) is 5.43. The summed E-state index contributed by atoms with van der Waals surface area (Å²) in [7, 11) is 2.36. The molecule has 0 spiro atoms. The normalized spacial score (nSPS) is 37.2. The monoisotopic (exact) mass is 250 g/mol. The van der Waals surface area contributed by atoms with Gasteiger partial charge in [0.2, 0.25) is 0 Å². The van der Waals surface area contributed by atoms with Crippen molar-refractivity contribution in [3.8, 4) is 0 Å². The van der Waals surface area contributed by atoms with Gasteiger partial charge in [-0.1, -0.05) is 19.8 Å². The average molecular weight is 250 g/mol. The van der Waals surface area contributed by atoms with Gasteiger partial charge in [0, 0.05) is 25.2 Å². The molecule has 0 aromatic heterocycles. The summed E-state index contributed by atoms with van der Waals surface area (Å²) in [5, 5.41) is 3.82. The van der Waals surface area contributed by atoms with Gasteiger partial charge in [0.15, 0.2) is 0 Å². The van der Waals surface area contributed by atoms with Crippen LogP contribution in [0.15, 0.2) is 0 Å². The molecule has 0 atom stereocenters. The first kappa shape index (κ1) is 12.9. The Morgan fingerprint density at radius 3 is 2.28 bits per heavy atom. The van der Waals surface area contributed by atoms with Crippen molar-refractivity contribution in [1.29, 1.82) is 0 Å². The minimum absolute atomic E-state index is 0.590. The van der Waals surface area contributed by atoms with E-state index >= 15 is 0 Å². The topological polar surface area (TPSA) is 15.3 Å². The van der Waals surface area contributed by atoms with Gasteiger partial charge in [0.1, 0.15) is 0 Å². The minimum Gasteiger partial charge on any atom is -0.313 e. The zero-order valence-electron chi connectivity index (χ0n) is 12.3. The number of nitrogens with one attached hydrogen (secondary N) is 1. The second-order valence-corrected chi connectivity index (χ2v) is 7.48. The highest BCUT2D eigenvalue weighted by molar-refractivity contribution is 4.94. The quantitative estimate of drug-likeness (QED) is 0.779. The summed E-state index contributed by atoms with van der Waals surface area (Å²) in [6.07, 6.45) is 11.5. The molecule has 3 fully saturated rings. The van der Waals surface area contributed by atoms with Crippen LogP contribution in [0.4, 0.5) is 0 Å². The molecule has 3 saturated carbocycles. The maximum absolute atomic E-state index is 3.82. The van der Waals surface area contributed by atoms with Gasteiger partial charge in [-0.3, -0.25) is 0 Å². The fourth-order valence-electron chi connectivity index (χ4n) is 3.59. The van der Waals surface area contributed by atoms with Gasteiger partial charge >= 0.3 is 0 Å². The predicted octanol–water partition coefficient (Wildman–Crippen LogP) is 3.03. The van der Waals surface area contributed by atoms with Gasteiger partial charge in [-0.25, -0.2) is 0 Å². The molecule has 0 unspecified atom stereocenters. The van der Waals surface area contributed by atoms with Gasteiger partial charge in [-0.05, 0) is 56.9 Å². The number of hydrogen-bond acceptors (Lipinski definition) is 2. The maximum atomic E-state index is 3.82. The first-order valence-corrected chi connectivity index (χ1v) is 8.10. The lowest BCUT2D eigenvalue weighted by Gasteiger charge is -2.42. The van der Waals surface area contributed by atoms with Gasteiger partial charge in [0.05, 0.1) is 0 Å². The van der Waals surface area contributed by atoms with Crippen LogP contribution in [0.2, 0.25) is 0 Å². The lowest BCUT2D eigenvalue weighted by Crippen LogP contribution is -2.46. The van der Waals surface area contributed by atoms with E-state index in [4.69, 9.17) is 0 Å². The van der Waals surface area contributed by atoms with E-state index in [1.807, 2.05) is 0 Å². The van der Waals surface area contributed by atoms with Gasteiger partial charge < -0.3 is 10.2 Å². The van der Waals surface area contributed by atoms with Crippen molar-refractivity contribution < 1.29 is 0 Å². The molecule has 18 heavy (non-hydrogen) atoms. The average Bonchev–Trinajstić information content (AvgIpc) is 3.23. The Bertz CT molecular complexity index is 273. The van der Waals surface area contributed by atoms with Crippen LogP contribution in [-0.4, -0.2) is 37.1 Å². The molecule has 0 aromatic rings. The van der Waals surface area contributed by atoms with E-state index in [1.54, 1.807) is 0 Å². The second-order valence-electron chi connectivity index (χ2n) is 7.48. The summed E-state index contributed by atoms with van der Waals surface area (Å²) in [6, 6.07) is 1.79. The molecule has 1 N–H and O–H groups in total. The summed E-state index contributed by atoms with van der Waals surface area (Å²) in [6.45, 7) is 5.05. The van der Waals surface area contributed by atoms with Gasteiger partial charge in [0.25, 0.3) is 0 Å². The third kappa shape index (κ3) is 3.27. The van der Waals surface area contributed by atoms with Crippen molar-refractivity contribution in [1.82, 2.24) is 10.2 Å². The molecule has 3 aliphatic rings. The van der Waals surface area contributed by atoms with E-state index < -0.39 is 0 Å². The molecule has 2 nitrogen and oxygen atoms in total. The Balaban J connectivity index is 1.57. The van der Waals surface area contributed by atoms with E-state index in [0.29, 0.717) is 5.41 Å². The fourth-order valence-corrected chi connectivity index (χ4v) is 3.59. The smallest absolute Gasteiger partial charge is 0.00936 e. The summed E-state index contributed by atoms with van der Waals surface area (Å²) >= 11 is 0. The second kappa shape index (κ2) is 5.13. The van der Waals surface area contributed by atoms with E-state index in [-0.39, 0.29) is 0 Å². The largest absolute Gasteiger partial charge is 0.313 e. The van der Waals surface area contributed by atoms with E-state index in [2.05, 4.69) is 24.2 Å². The summed E-state index contributed by atoms with van der Waals surface area (Å²) in [5.74, 6) is 0.963. The molecule has 0 amide bonds. The fraction of sp³-hybridized carbons (Fsp3) is 1.00. The van der Waals surface area contributed by atoms with E-state index in [9.17, 15) is 0 Å². The van der Waals surface area contributed by atoms with Crippen LogP contribution < -0.4 is 5.32 Å². The maximum Gasteiger partial charge on any atom is 0.00936 e. The highest BCUT2D eigenvalue weighted by atomic mass is 15.2. The van der Waals surface area contributed by atoms with Crippen LogP contribution in [0.5, 0.6) is 0 Å². The van der Waals surface area contributed by atoms with Crippen molar-refractivity contribution in [2.24, 2.45) is 11.3 Å². The summed E-state index contributed by atoms with van der Waals surface area (Å²) in [4.78, 5) is 2.66. The van der Waals surface area contributed by atoms with Crippen LogP contribution >= 0.6 is 0 Å². The lowest BCUT2D eigenvalue weighted by atomic mass is 9.70. The minimum atomic E-state index is 0.590. The molecule has 3 aliphatic carbocycles. The number of nitrogens with zero attached hydrogens (tertiary/aromatic N) is 1. The molecule has 0 heterocycles. The van der Waals surface area contributed by atoms with E-state index in [1.165, 1.54) is 64.5 Å². The standard InChI is InChI=1S/C16H30N2/c1-13-7-9-16(10-8-13,11-17-14-3-4-14)12-18(2)15-5-6-15/h13-15,17H,3-12H2,1-2H3. The van der Waals surface area contributed by atoms with Crippen LogP contribution in [0.25, 0.3) is 0 Å². The predicted molar refractivity (Wildman–Crippen MR) is 76.7 cm³/mol. The summed E-state index contributed by atoms with van der Waals surface area (Å²) < 4.78 is 0. The van der Waals surface area contributed by atoms with Crippen molar-refractivity contribution in [2.45, 2.75) is 70.4 Å². The molecule has 3 rings (SSSR count). The van der Waals surface area contributed by atoms with Crippen molar-refractivity contribution in [3.05, 3.63) is 0 Å². The first-order valence-electron chi connectivity index (χ1n) is 8.10. The molecule has 0 radical (unpaired) electrons. The van der Waals surface area contributed by atoms with Crippen molar-refractivity contribution in [2.75, 3.05) is 20.1 Å². The van der Waals surface area contributed by atoms with Crippen LogP contribution in [0, 0.1) is 11.3 Å². The number of hydrogen-bond donors (Lipinski definition) is 1. The Kier molecular flexibility index (Phi) is 3.68. The Morgan fingerprint density at radius 1 is 1.06 bits per heavy atom. The van der Waals surface area contributed by atoms with Crippen LogP contribution in [-0.2, 0) is 0 Å². The lowest BCUT2D eigenvalue weighted by molar-refractivity contribution is 0.0951. The Hall–Kier alpha value is -0.0800. The van der Waals surface area contributed by atoms with Gasteiger partial charge in [-0.15, -0.1) is 0 Å². The van der Waals surface area contributed by atoms with Crippen LogP contribution in [0.1, 0.15) is 58.3 Å². The molecular formula is C16H30N2. The molecular weight excluding hydrogens is 220 g/mol. The molecule has 104 valence electrons. The molecule has 2 heteroatoms. The number of rotatable bonds is 6. The highest BCUT2D eigenvalue weighted by Gasteiger charge is 2.39.